The molecule has 0 radical (unpaired) electrons. The zero-order chi connectivity index (χ0) is 12.2. The fraction of sp³-hybridized carbons (Fsp3) is 0.667. The predicted molar refractivity (Wildman–Crippen MR) is 68.2 cm³/mol. The lowest BCUT2D eigenvalue weighted by Gasteiger charge is -2.07. The summed E-state index contributed by atoms with van der Waals surface area (Å²) in [5.41, 5.74) is 3.12. The van der Waals surface area contributed by atoms with Gasteiger partial charge in [0.15, 0.2) is 5.65 Å². The maximum absolute atomic E-state index is 6.01. The number of hydrogen-bond acceptors (Lipinski definition) is 2. The molecular formula is C12H17ClN4. The number of imidazole rings is 1. The van der Waals surface area contributed by atoms with Gasteiger partial charge in [0.2, 0.25) is 0 Å². The van der Waals surface area contributed by atoms with Gasteiger partial charge in [-0.05, 0) is 19.3 Å². The Morgan fingerprint density at radius 2 is 2.24 bits per heavy atom. The van der Waals surface area contributed by atoms with Gasteiger partial charge in [-0.1, -0.05) is 13.3 Å². The predicted octanol–water partition coefficient (Wildman–Crippen LogP) is 2.79. The van der Waals surface area contributed by atoms with E-state index in [-0.39, 0.29) is 0 Å². The first-order chi connectivity index (χ1) is 8.17. The summed E-state index contributed by atoms with van der Waals surface area (Å²) in [6, 6.07) is 0.577. The highest BCUT2D eigenvalue weighted by atomic mass is 35.5. The SMILES string of the molecule is CCC1CC1n1c(CCl)nc2c(C)nn(C)c21. The summed E-state index contributed by atoms with van der Waals surface area (Å²) >= 11 is 6.01. The monoisotopic (exact) mass is 252 g/mol. The topological polar surface area (TPSA) is 35.6 Å². The van der Waals surface area contributed by atoms with Crippen LogP contribution in [0.3, 0.4) is 0 Å². The highest BCUT2D eigenvalue weighted by Gasteiger charge is 2.40. The van der Waals surface area contributed by atoms with Gasteiger partial charge < -0.3 is 4.57 Å². The van der Waals surface area contributed by atoms with Crippen LogP contribution < -0.4 is 0 Å². The number of fused-ring (bicyclic) bond motifs is 1. The molecule has 4 nitrogen and oxygen atoms in total. The van der Waals surface area contributed by atoms with Crippen LogP contribution in [0.2, 0.25) is 0 Å². The van der Waals surface area contributed by atoms with Crippen molar-refractivity contribution >= 4 is 22.8 Å². The molecule has 0 amide bonds. The van der Waals surface area contributed by atoms with Gasteiger partial charge in [0.1, 0.15) is 11.3 Å². The minimum Gasteiger partial charge on any atom is -0.308 e. The maximum Gasteiger partial charge on any atom is 0.158 e. The van der Waals surface area contributed by atoms with Crippen molar-refractivity contribution in [2.45, 2.75) is 38.6 Å². The van der Waals surface area contributed by atoms with E-state index in [1.165, 1.54) is 12.8 Å². The summed E-state index contributed by atoms with van der Waals surface area (Å²) < 4.78 is 4.23. The minimum atomic E-state index is 0.473. The van der Waals surface area contributed by atoms with Crippen molar-refractivity contribution in [1.29, 1.82) is 0 Å². The Kier molecular flexibility index (Phi) is 2.43. The summed E-state index contributed by atoms with van der Waals surface area (Å²) in [6.45, 7) is 4.25. The third kappa shape index (κ3) is 1.50. The second-order valence-electron chi connectivity index (χ2n) is 4.88. The van der Waals surface area contributed by atoms with Gasteiger partial charge in [0, 0.05) is 13.1 Å². The fourth-order valence-electron chi connectivity index (χ4n) is 2.77. The first kappa shape index (κ1) is 11.1. The molecule has 1 aliphatic rings. The molecule has 1 saturated carbocycles. The molecule has 2 atom stereocenters. The number of alkyl halides is 1. The molecule has 0 N–H and O–H groups in total. The lowest BCUT2D eigenvalue weighted by atomic mass is 10.3. The molecular weight excluding hydrogens is 236 g/mol. The van der Waals surface area contributed by atoms with Gasteiger partial charge in [-0.2, -0.15) is 5.10 Å². The van der Waals surface area contributed by atoms with Crippen molar-refractivity contribution < 1.29 is 0 Å². The summed E-state index contributed by atoms with van der Waals surface area (Å²) in [5, 5.41) is 4.44. The van der Waals surface area contributed by atoms with E-state index in [4.69, 9.17) is 11.6 Å². The van der Waals surface area contributed by atoms with Crippen LogP contribution in [0, 0.1) is 12.8 Å². The van der Waals surface area contributed by atoms with Crippen molar-refractivity contribution in [3.63, 3.8) is 0 Å². The molecule has 0 saturated heterocycles. The zero-order valence-corrected chi connectivity index (χ0v) is 11.2. The molecule has 17 heavy (non-hydrogen) atoms. The number of nitrogens with zero attached hydrogens (tertiary/aromatic N) is 4. The summed E-state index contributed by atoms with van der Waals surface area (Å²) in [5.74, 6) is 2.24. The first-order valence-corrected chi connectivity index (χ1v) is 6.67. The van der Waals surface area contributed by atoms with Gasteiger partial charge in [-0.3, -0.25) is 4.68 Å². The van der Waals surface area contributed by atoms with Crippen molar-refractivity contribution in [1.82, 2.24) is 19.3 Å². The smallest absolute Gasteiger partial charge is 0.158 e. The Bertz CT molecular complexity index is 569. The van der Waals surface area contributed by atoms with Crippen LogP contribution in [0.25, 0.3) is 11.2 Å². The van der Waals surface area contributed by atoms with Crippen molar-refractivity contribution in [2.75, 3.05) is 0 Å². The molecule has 2 heterocycles. The molecule has 2 aromatic rings. The Balaban J connectivity index is 2.20. The standard InChI is InChI=1S/C12H17ClN4/c1-4-8-5-9(8)17-10(6-13)14-11-7(2)15-16(3)12(11)17/h8-9H,4-6H2,1-3H3. The lowest BCUT2D eigenvalue weighted by Crippen LogP contribution is -2.05. The lowest BCUT2D eigenvalue weighted by molar-refractivity contribution is 0.615. The summed E-state index contributed by atoms with van der Waals surface area (Å²) in [7, 11) is 1.98. The van der Waals surface area contributed by atoms with Gasteiger partial charge in [-0.25, -0.2) is 4.98 Å². The normalized spacial score (nSPS) is 23.5. The quantitative estimate of drug-likeness (QED) is 0.788. The van der Waals surface area contributed by atoms with E-state index in [1.807, 2.05) is 18.7 Å². The van der Waals surface area contributed by atoms with Crippen LogP contribution in [-0.2, 0) is 12.9 Å². The molecule has 1 aliphatic carbocycles. The average Bonchev–Trinajstić information content (AvgIpc) is 2.90. The van der Waals surface area contributed by atoms with Crippen LogP contribution >= 0.6 is 11.6 Å². The molecule has 3 rings (SSSR count). The van der Waals surface area contributed by atoms with Crippen molar-refractivity contribution in [3.8, 4) is 0 Å². The van der Waals surface area contributed by atoms with Crippen LogP contribution in [0.1, 0.15) is 37.3 Å². The van der Waals surface area contributed by atoms with E-state index >= 15 is 0 Å². The number of aryl methyl sites for hydroxylation is 2. The molecule has 0 bridgehead atoms. The van der Waals surface area contributed by atoms with Crippen LogP contribution in [0.5, 0.6) is 0 Å². The average molecular weight is 253 g/mol. The fourth-order valence-corrected chi connectivity index (χ4v) is 2.96. The largest absolute Gasteiger partial charge is 0.308 e. The Labute approximate surface area is 106 Å². The number of aromatic nitrogens is 4. The molecule has 5 heteroatoms. The van der Waals surface area contributed by atoms with E-state index in [1.54, 1.807) is 0 Å². The summed E-state index contributed by atoms with van der Waals surface area (Å²) in [4.78, 5) is 4.63. The molecule has 92 valence electrons. The first-order valence-electron chi connectivity index (χ1n) is 6.13. The number of rotatable bonds is 3. The maximum atomic E-state index is 6.01. The van der Waals surface area contributed by atoms with E-state index in [9.17, 15) is 0 Å². The van der Waals surface area contributed by atoms with Gasteiger partial charge in [0.25, 0.3) is 0 Å². The Hall–Kier alpha value is -1.03. The third-order valence-corrected chi connectivity index (χ3v) is 4.01. The van der Waals surface area contributed by atoms with E-state index in [2.05, 4.69) is 21.6 Å². The molecule has 2 unspecified atom stereocenters. The Morgan fingerprint density at radius 3 is 2.82 bits per heavy atom. The Morgan fingerprint density at radius 1 is 1.47 bits per heavy atom. The molecule has 0 aliphatic heterocycles. The highest BCUT2D eigenvalue weighted by molar-refractivity contribution is 6.16. The third-order valence-electron chi connectivity index (χ3n) is 3.77. The highest BCUT2D eigenvalue weighted by Crippen LogP contribution is 2.47. The van der Waals surface area contributed by atoms with Crippen LogP contribution in [0.4, 0.5) is 0 Å². The number of halogens is 1. The zero-order valence-electron chi connectivity index (χ0n) is 10.4. The van der Waals surface area contributed by atoms with E-state index in [0.717, 1.165) is 28.6 Å². The molecule has 0 spiro atoms. The number of hydrogen-bond donors (Lipinski definition) is 0. The molecule has 1 fully saturated rings. The van der Waals surface area contributed by atoms with Crippen LogP contribution in [0.15, 0.2) is 0 Å². The van der Waals surface area contributed by atoms with Gasteiger partial charge in [0.05, 0.1) is 11.6 Å². The van der Waals surface area contributed by atoms with Gasteiger partial charge in [-0.15, -0.1) is 11.6 Å². The van der Waals surface area contributed by atoms with Gasteiger partial charge >= 0.3 is 0 Å². The van der Waals surface area contributed by atoms with E-state index < -0.39 is 0 Å². The van der Waals surface area contributed by atoms with Crippen molar-refractivity contribution in [3.05, 3.63) is 11.5 Å². The second kappa shape index (κ2) is 3.73. The second-order valence-corrected chi connectivity index (χ2v) is 5.15. The summed E-state index contributed by atoms with van der Waals surface area (Å²) in [6.07, 6.45) is 2.47. The van der Waals surface area contributed by atoms with Crippen molar-refractivity contribution in [2.24, 2.45) is 13.0 Å². The molecule has 0 aromatic carbocycles. The van der Waals surface area contributed by atoms with E-state index in [0.29, 0.717) is 11.9 Å². The van der Waals surface area contributed by atoms with Crippen LogP contribution in [-0.4, -0.2) is 19.3 Å². The molecule has 2 aromatic heterocycles. The minimum absolute atomic E-state index is 0.473.